The minimum Gasteiger partial charge on any atom is -0.463 e. The Hall–Kier alpha value is -3.13. The van der Waals surface area contributed by atoms with Crippen molar-refractivity contribution in [1.29, 1.82) is 0 Å². The number of ketones is 1. The minimum absolute atomic E-state index is 0.0633. The van der Waals surface area contributed by atoms with E-state index in [1.54, 1.807) is 39.8 Å². The summed E-state index contributed by atoms with van der Waals surface area (Å²) in [6, 6.07) is 7.97. The van der Waals surface area contributed by atoms with Gasteiger partial charge in [-0.25, -0.2) is 28.3 Å². The van der Waals surface area contributed by atoms with Crippen LogP contribution >= 0.6 is 23.4 Å². The molecule has 2 heterocycles. The molecule has 2 aromatic rings. The second kappa shape index (κ2) is 15.4. The summed E-state index contributed by atoms with van der Waals surface area (Å²) >= 11 is 7.09. The highest BCUT2D eigenvalue weighted by molar-refractivity contribution is 8.15. The highest BCUT2D eigenvalue weighted by Crippen LogP contribution is 2.67. The van der Waals surface area contributed by atoms with E-state index in [-0.39, 0.29) is 42.0 Å². The van der Waals surface area contributed by atoms with E-state index in [4.69, 9.17) is 30.8 Å². The molecule has 0 unspecified atom stereocenters. The Kier molecular flexibility index (Phi) is 12.2. The molecule has 1 fully saturated rings. The molecule has 1 aromatic carbocycles. The molecular formula is C35H44ClF2N3O6SSi. The molecule has 0 radical (unpaired) electrons. The largest absolute Gasteiger partial charge is 0.463 e. The number of aliphatic imine (C=N–C) groups is 1. The monoisotopic (exact) mass is 735 g/mol. The number of hydrogen-bond acceptors (Lipinski definition) is 9. The lowest BCUT2D eigenvalue weighted by atomic mass is 9.83. The zero-order chi connectivity index (χ0) is 36.2. The van der Waals surface area contributed by atoms with E-state index in [0.717, 1.165) is 6.04 Å². The van der Waals surface area contributed by atoms with E-state index in [2.05, 4.69) is 24.6 Å². The van der Waals surface area contributed by atoms with Gasteiger partial charge in [0.25, 0.3) is 0 Å². The van der Waals surface area contributed by atoms with E-state index in [9.17, 15) is 14.4 Å². The van der Waals surface area contributed by atoms with Crippen molar-refractivity contribution in [1.82, 2.24) is 9.88 Å². The van der Waals surface area contributed by atoms with Crippen LogP contribution in [0.2, 0.25) is 30.7 Å². The van der Waals surface area contributed by atoms with E-state index >= 15 is 8.78 Å². The summed E-state index contributed by atoms with van der Waals surface area (Å²) in [4.78, 5) is 49.2. The molecule has 1 aromatic heterocycles. The fourth-order valence-corrected chi connectivity index (χ4v) is 7.81. The molecular weight excluding hydrogens is 692 g/mol. The van der Waals surface area contributed by atoms with E-state index in [0.29, 0.717) is 23.6 Å². The molecule has 2 aliphatic rings. The molecule has 0 N–H and O–H groups in total. The number of pyridine rings is 1. The Labute approximate surface area is 296 Å². The smallest absolute Gasteiger partial charge is 0.418 e. The van der Waals surface area contributed by atoms with Crippen LogP contribution < -0.4 is 0 Å². The Bertz CT molecular complexity index is 1610. The summed E-state index contributed by atoms with van der Waals surface area (Å²) in [5.41, 5.74) is -2.15. The lowest BCUT2D eigenvalue weighted by Gasteiger charge is -2.38. The van der Waals surface area contributed by atoms with Crippen LogP contribution in [0.4, 0.5) is 13.6 Å². The zero-order valence-electron chi connectivity index (χ0n) is 29.0. The Morgan fingerprint density at radius 1 is 1.18 bits per heavy atom. The number of esters is 1. The SMILES string of the molecule is CCOC(=O)/C=C/[C@]12C[C@H]1[C@@](CF)(c1cc(CC(=O)c3ccc(Cl)cn3)ccc1F)N=C(N(COCC[Si](C)(C)C)C(=O)OC(C)(C)C)S2. The van der Waals surface area contributed by atoms with Crippen LogP contribution in [0.1, 0.15) is 55.7 Å². The summed E-state index contributed by atoms with van der Waals surface area (Å²) < 4.78 is 47.5. The first-order chi connectivity index (χ1) is 22.9. The number of aromatic nitrogens is 1. The third-order valence-corrected chi connectivity index (χ3v) is 11.4. The average molecular weight is 736 g/mol. The lowest BCUT2D eigenvalue weighted by molar-refractivity contribution is -0.137. The molecule has 266 valence electrons. The van der Waals surface area contributed by atoms with Crippen molar-refractivity contribution in [2.75, 3.05) is 26.6 Å². The number of Topliss-reactive ketones (excluding diaryl/α,β-unsaturated/α-hetero) is 1. The number of carbonyl (C=O) groups is 3. The van der Waals surface area contributed by atoms with Gasteiger partial charge in [-0.2, -0.15) is 0 Å². The number of benzene rings is 1. The Balaban J connectivity index is 1.80. The van der Waals surface area contributed by atoms with Crippen molar-refractivity contribution >= 4 is 54.5 Å². The maximum atomic E-state index is 15.9. The van der Waals surface area contributed by atoms with E-state index < -0.39 is 54.4 Å². The fraction of sp³-hybridized carbons (Fsp3) is 0.514. The van der Waals surface area contributed by atoms with E-state index in [1.165, 1.54) is 53.2 Å². The first-order valence-corrected chi connectivity index (χ1v) is 21.0. The number of nitrogens with zero attached hydrogens (tertiary/aromatic N) is 3. The second-order valence-corrected chi connectivity index (χ2v) is 21.8. The number of alkyl halides is 1. The molecule has 0 spiro atoms. The van der Waals surface area contributed by atoms with Gasteiger partial charge in [-0.3, -0.25) is 9.78 Å². The minimum atomic E-state index is -1.81. The standard InChI is InChI=1S/C35H44ClF2N3O6SSi/c1-8-46-30(43)13-14-34-19-29(34)35(21-37,25-17-23(9-11-26(25)38)18-28(42)27-12-10-24(36)20-39-27)40-31(48-34)41(32(44)47-33(2,3)4)22-45-15-16-49(5,6)7/h9-14,17,20,29H,8,15-16,18-19,21-22H2,1-7H3/b14-13+/t29-,34+,35-/m1/s1. The molecule has 14 heteroatoms. The summed E-state index contributed by atoms with van der Waals surface area (Å²) in [7, 11) is -1.47. The number of amides is 1. The number of thioether (sulfide) groups is 1. The Morgan fingerprint density at radius 3 is 2.53 bits per heavy atom. The van der Waals surface area contributed by atoms with Gasteiger partial charge in [-0.1, -0.05) is 55.1 Å². The van der Waals surface area contributed by atoms with Crippen molar-refractivity contribution in [3.8, 4) is 0 Å². The number of halogens is 3. The van der Waals surface area contributed by atoms with Crippen LogP contribution in [-0.4, -0.2) is 77.9 Å². The van der Waals surface area contributed by atoms with Crippen molar-refractivity contribution in [3.63, 3.8) is 0 Å². The first-order valence-electron chi connectivity index (χ1n) is 16.1. The number of ether oxygens (including phenoxy) is 3. The van der Waals surface area contributed by atoms with Crippen LogP contribution in [0.25, 0.3) is 0 Å². The molecule has 1 aliphatic heterocycles. The van der Waals surface area contributed by atoms with Gasteiger partial charge in [-0.15, -0.1) is 0 Å². The van der Waals surface area contributed by atoms with Gasteiger partial charge in [0.1, 0.15) is 36.1 Å². The third-order valence-electron chi connectivity index (χ3n) is 8.03. The highest BCUT2D eigenvalue weighted by atomic mass is 35.5. The molecule has 1 saturated carbocycles. The van der Waals surface area contributed by atoms with Crippen molar-refractivity contribution in [2.45, 2.75) is 82.1 Å². The number of hydrogen-bond donors (Lipinski definition) is 0. The van der Waals surface area contributed by atoms with Crippen LogP contribution in [0.3, 0.4) is 0 Å². The average Bonchev–Trinajstić information content (AvgIpc) is 3.75. The van der Waals surface area contributed by atoms with Gasteiger partial charge in [0.2, 0.25) is 0 Å². The summed E-state index contributed by atoms with van der Waals surface area (Å²) in [5, 5.41) is 0.439. The van der Waals surface area contributed by atoms with Gasteiger partial charge >= 0.3 is 12.1 Å². The van der Waals surface area contributed by atoms with E-state index in [1.807, 2.05) is 0 Å². The van der Waals surface area contributed by atoms with Crippen molar-refractivity contribution in [2.24, 2.45) is 10.9 Å². The summed E-state index contributed by atoms with van der Waals surface area (Å²) in [5.74, 6) is -2.24. The summed E-state index contributed by atoms with van der Waals surface area (Å²) in [6.07, 6.45) is 3.67. The predicted octanol–water partition coefficient (Wildman–Crippen LogP) is 7.99. The first kappa shape index (κ1) is 38.7. The fourth-order valence-electron chi connectivity index (χ4n) is 5.43. The lowest BCUT2D eigenvalue weighted by Crippen LogP contribution is -2.47. The van der Waals surface area contributed by atoms with Crippen LogP contribution in [-0.2, 0) is 31.0 Å². The zero-order valence-corrected chi connectivity index (χ0v) is 31.6. The van der Waals surface area contributed by atoms with Gasteiger partial charge in [-0.05, 0) is 70.0 Å². The molecule has 9 nitrogen and oxygen atoms in total. The highest BCUT2D eigenvalue weighted by Gasteiger charge is 2.68. The molecule has 1 aliphatic carbocycles. The number of amidine groups is 1. The number of rotatable bonds is 13. The van der Waals surface area contributed by atoms with Gasteiger partial charge < -0.3 is 14.2 Å². The quantitative estimate of drug-likeness (QED) is 0.0509. The second-order valence-electron chi connectivity index (χ2n) is 14.4. The number of carbonyl (C=O) groups excluding carboxylic acids is 3. The van der Waals surface area contributed by atoms with Gasteiger partial charge in [0, 0.05) is 49.6 Å². The topological polar surface area (TPSA) is 107 Å². The number of fused-ring (bicyclic) bond motifs is 1. The van der Waals surface area contributed by atoms with Crippen LogP contribution in [0.5, 0.6) is 0 Å². The molecule has 3 atom stereocenters. The Morgan fingerprint density at radius 2 is 1.92 bits per heavy atom. The normalized spacial score (nSPS) is 21.9. The van der Waals surface area contributed by atoms with Crippen molar-refractivity contribution in [3.05, 3.63) is 76.3 Å². The molecule has 49 heavy (non-hydrogen) atoms. The molecule has 0 bridgehead atoms. The third kappa shape index (κ3) is 9.77. The van der Waals surface area contributed by atoms with Gasteiger partial charge in [0.15, 0.2) is 11.0 Å². The molecule has 0 saturated heterocycles. The molecule has 1 amide bonds. The summed E-state index contributed by atoms with van der Waals surface area (Å²) in [6.45, 7) is 12.6. The predicted molar refractivity (Wildman–Crippen MR) is 190 cm³/mol. The molecule has 4 rings (SSSR count). The van der Waals surface area contributed by atoms with Crippen LogP contribution in [0.15, 0.2) is 53.7 Å². The maximum Gasteiger partial charge on any atom is 0.418 e. The van der Waals surface area contributed by atoms with Crippen molar-refractivity contribution < 1.29 is 37.4 Å². The van der Waals surface area contributed by atoms with Gasteiger partial charge in [0.05, 0.1) is 11.6 Å². The van der Waals surface area contributed by atoms with Crippen LogP contribution in [0, 0.1) is 11.7 Å². The maximum absolute atomic E-state index is 15.9.